The molecule has 5 aromatic rings. The van der Waals surface area contributed by atoms with Crippen LogP contribution in [-0.4, -0.2) is 23.1 Å². The van der Waals surface area contributed by atoms with E-state index in [1.807, 2.05) is 84.9 Å². The first-order chi connectivity index (χ1) is 20.7. The Kier molecular flexibility index (Phi) is 10.8. The van der Waals surface area contributed by atoms with Gasteiger partial charge in [0.1, 0.15) is 24.7 Å². The number of ether oxygens (including phenoxy) is 2. The summed E-state index contributed by atoms with van der Waals surface area (Å²) in [6.07, 6.45) is 1.29. The van der Waals surface area contributed by atoms with Crippen molar-refractivity contribution in [3.8, 4) is 11.5 Å². The third kappa shape index (κ3) is 9.34. The highest BCUT2D eigenvalue weighted by Gasteiger charge is 2.15. The lowest BCUT2D eigenvalue weighted by atomic mass is 10.1. The van der Waals surface area contributed by atoms with Gasteiger partial charge in [-0.15, -0.1) is 0 Å². The van der Waals surface area contributed by atoms with Gasteiger partial charge in [0.2, 0.25) is 0 Å². The minimum Gasteiger partial charge on any atom is -0.489 e. The third-order valence-corrected chi connectivity index (χ3v) is 7.26. The summed E-state index contributed by atoms with van der Waals surface area (Å²) in [7, 11) is 0. The van der Waals surface area contributed by atoms with E-state index in [1.54, 1.807) is 0 Å². The van der Waals surface area contributed by atoms with Gasteiger partial charge in [-0.2, -0.15) is 0 Å². The standard InChI is InChI=1S/C38H39NO3/c40-38(35-21-11-23-37(26-35)42-30-34-17-8-3-9-18-34)28-39(27-32-13-4-1-5-14-32)24-12-20-31-19-10-22-36(25-31)41-29-33-15-6-2-7-16-33/h1-11,13-19,21-23,25-26,38,40H,12,20,24,27-30H2. The zero-order chi connectivity index (χ0) is 28.8. The van der Waals surface area contributed by atoms with Crippen LogP contribution >= 0.6 is 0 Å². The van der Waals surface area contributed by atoms with Crippen molar-refractivity contribution >= 4 is 0 Å². The summed E-state index contributed by atoms with van der Waals surface area (Å²) < 4.78 is 12.1. The maximum absolute atomic E-state index is 11.3. The highest BCUT2D eigenvalue weighted by molar-refractivity contribution is 5.31. The van der Waals surface area contributed by atoms with Gasteiger partial charge in [-0.25, -0.2) is 0 Å². The predicted octanol–water partition coefficient (Wildman–Crippen LogP) is 8.01. The summed E-state index contributed by atoms with van der Waals surface area (Å²) in [5.74, 6) is 1.65. The average molecular weight is 558 g/mol. The van der Waals surface area contributed by atoms with E-state index < -0.39 is 6.10 Å². The molecule has 0 saturated heterocycles. The molecule has 5 rings (SSSR count). The highest BCUT2D eigenvalue weighted by Crippen LogP contribution is 2.23. The largest absolute Gasteiger partial charge is 0.489 e. The molecule has 0 fully saturated rings. The van der Waals surface area contributed by atoms with Crippen molar-refractivity contribution in [1.82, 2.24) is 4.90 Å². The Balaban J connectivity index is 1.18. The van der Waals surface area contributed by atoms with E-state index in [9.17, 15) is 5.11 Å². The van der Waals surface area contributed by atoms with E-state index >= 15 is 0 Å². The molecule has 0 radical (unpaired) electrons. The van der Waals surface area contributed by atoms with Gasteiger partial charge in [-0.05, 0) is 71.5 Å². The van der Waals surface area contributed by atoms with Crippen LogP contribution in [0.5, 0.6) is 11.5 Å². The number of hydrogen-bond donors (Lipinski definition) is 1. The second kappa shape index (κ2) is 15.6. The molecule has 4 heteroatoms. The lowest BCUT2D eigenvalue weighted by molar-refractivity contribution is 0.108. The van der Waals surface area contributed by atoms with Gasteiger partial charge in [0, 0.05) is 13.1 Å². The molecule has 0 bridgehead atoms. The number of rotatable bonds is 15. The second-order valence-electron chi connectivity index (χ2n) is 10.6. The first kappa shape index (κ1) is 29.1. The Morgan fingerprint density at radius 1 is 0.548 bits per heavy atom. The lowest BCUT2D eigenvalue weighted by Crippen LogP contribution is -2.29. The minimum atomic E-state index is -0.622. The van der Waals surface area contributed by atoms with Crippen LogP contribution in [0.4, 0.5) is 0 Å². The van der Waals surface area contributed by atoms with E-state index in [-0.39, 0.29) is 0 Å². The summed E-state index contributed by atoms with van der Waals surface area (Å²) in [5, 5.41) is 11.3. The SMILES string of the molecule is OC(CN(CCCc1cccc(OCc2ccccc2)c1)Cc1ccccc1)c1cccc(OCc2ccccc2)c1. The number of aliphatic hydroxyl groups is 1. The Hall–Kier alpha value is -4.38. The Bertz CT molecular complexity index is 1470. The van der Waals surface area contributed by atoms with Crippen LogP contribution in [0, 0.1) is 0 Å². The summed E-state index contributed by atoms with van der Waals surface area (Å²) in [6.45, 7) is 3.25. The van der Waals surface area contributed by atoms with Crippen molar-refractivity contribution in [2.45, 2.75) is 38.7 Å². The fraction of sp³-hybridized carbons (Fsp3) is 0.211. The van der Waals surface area contributed by atoms with Crippen molar-refractivity contribution in [1.29, 1.82) is 0 Å². The average Bonchev–Trinajstić information content (AvgIpc) is 3.04. The minimum absolute atomic E-state index is 0.499. The van der Waals surface area contributed by atoms with Gasteiger partial charge in [0.05, 0.1) is 6.10 Å². The molecule has 4 nitrogen and oxygen atoms in total. The molecule has 42 heavy (non-hydrogen) atoms. The van der Waals surface area contributed by atoms with E-state index in [0.29, 0.717) is 19.8 Å². The smallest absolute Gasteiger partial charge is 0.120 e. The number of benzene rings is 5. The maximum Gasteiger partial charge on any atom is 0.120 e. The third-order valence-electron chi connectivity index (χ3n) is 7.26. The molecule has 5 aromatic carbocycles. The van der Waals surface area contributed by atoms with Crippen LogP contribution in [-0.2, 0) is 26.2 Å². The number of aliphatic hydroxyl groups excluding tert-OH is 1. The zero-order valence-electron chi connectivity index (χ0n) is 24.0. The molecule has 0 amide bonds. The highest BCUT2D eigenvalue weighted by atomic mass is 16.5. The Morgan fingerprint density at radius 2 is 1.07 bits per heavy atom. The van der Waals surface area contributed by atoms with Crippen LogP contribution in [0.2, 0.25) is 0 Å². The van der Waals surface area contributed by atoms with Crippen LogP contribution < -0.4 is 9.47 Å². The molecule has 0 heterocycles. The fourth-order valence-corrected chi connectivity index (χ4v) is 5.02. The van der Waals surface area contributed by atoms with Crippen LogP contribution in [0.1, 0.15) is 40.3 Å². The molecule has 0 aliphatic heterocycles. The molecular weight excluding hydrogens is 518 g/mol. The maximum atomic E-state index is 11.3. The van der Waals surface area contributed by atoms with Gasteiger partial charge in [0.25, 0.3) is 0 Å². The number of nitrogens with zero attached hydrogens (tertiary/aromatic N) is 1. The lowest BCUT2D eigenvalue weighted by Gasteiger charge is -2.26. The quantitative estimate of drug-likeness (QED) is 0.142. The van der Waals surface area contributed by atoms with Crippen molar-refractivity contribution < 1.29 is 14.6 Å². The Morgan fingerprint density at radius 3 is 1.69 bits per heavy atom. The molecule has 0 aromatic heterocycles. The molecule has 0 spiro atoms. The fourth-order valence-electron chi connectivity index (χ4n) is 5.02. The molecule has 0 aliphatic carbocycles. The Labute approximate surface area is 249 Å². The van der Waals surface area contributed by atoms with Crippen molar-refractivity contribution in [2.24, 2.45) is 0 Å². The van der Waals surface area contributed by atoms with Crippen LogP contribution in [0.15, 0.2) is 140 Å². The second-order valence-corrected chi connectivity index (χ2v) is 10.6. The van der Waals surface area contributed by atoms with Gasteiger partial charge in [-0.3, -0.25) is 4.90 Å². The first-order valence-corrected chi connectivity index (χ1v) is 14.7. The van der Waals surface area contributed by atoms with Gasteiger partial charge < -0.3 is 14.6 Å². The normalized spacial score (nSPS) is 11.8. The van der Waals surface area contributed by atoms with E-state index in [0.717, 1.165) is 54.1 Å². The summed E-state index contributed by atoms with van der Waals surface area (Å²) in [6, 6.07) is 47.0. The molecule has 0 saturated carbocycles. The first-order valence-electron chi connectivity index (χ1n) is 14.7. The van der Waals surface area contributed by atoms with Crippen LogP contribution in [0.3, 0.4) is 0 Å². The van der Waals surface area contributed by atoms with Gasteiger partial charge in [0.15, 0.2) is 0 Å². The van der Waals surface area contributed by atoms with Crippen molar-refractivity contribution in [3.05, 3.63) is 167 Å². The predicted molar refractivity (Wildman–Crippen MR) is 169 cm³/mol. The topological polar surface area (TPSA) is 41.9 Å². The summed E-state index contributed by atoms with van der Waals surface area (Å²) in [4.78, 5) is 2.34. The molecule has 1 atom stereocenters. The number of hydrogen-bond acceptors (Lipinski definition) is 4. The van der Waals surface area contributed by atoms with E-state index in [1.165, 1.54) is 11.1 Å². The van der Waals surface area contributed by atoms with Crippen molar-refractivity contribution in [2.75, 3.05) is 13.1 Å². The molecular formula is C38H39NO3. The van der Waals surface area contributed by atoms with Crippen molar-refractivity contribution in [3.63, 3.8) is 0 Å². The summed E-state index contributed by atoms with van der Waals surface area (Å²) >= 11 is 0. The summed E-state index contributed by atoms with van der Waals surface area (Å²) in [5.41, 5.74) is 5.63. The van der Waals surface area contributed by atoms with E-state index in [2.05, 4.69) is 59.5 Å². The molecule has 1 unspecified atom stereocenters. The van der Waals surface area contributed by atoms with Crippen LogP contribution in [0.25, 0.3) is 0 Å². The number of aryl methyl sites for hydroxylation is 1. The van der Waals surface area contributed by atoms with E-state index in [4.69, 9.17) is 9.47 Å². The van der Waals surface area contributed by atoms with Gasteiger partial charge in [-0.1, -0.05) is 115 Å². The zero-order valence-corrected chi connectivity index (χ0v) is 24.0. The molecule has 214 valence electrons. The molecule has 1 N–H and O–H groups in total. The molecule has 0 aliphatic rings. The monoisotopic (exact) mass is 557 g/mol. The van der Waals surface area contributed by atoms with Gasteiger partial charge >= 0.3 is 0 Å².